The summed E-state index contributed by atoms with van der Waals surface area (Å²) in [5, 5.41) is 0. The fourth-order valence-corrected chi connectivity index (χ4v) is 3.53. The van der Waals surface area contributed by atoms with Crippen LogP contribution in [0.2, 0.25) is 0 Å². The lowest BCUT2D eigenvalue weighted by Gasteiger charge is -2.42. The molecular formula is C19H24N4O. The van der Waals surface area contributed by atoms with Crippen LogP contribution in [0.1, 0.15) is 31.4 Å². The largest absolute Gasteiger partial charge is 0.495 e. The van der Waals surface area contributed by atoms with E-state index >= 15 is 0 Å². The molecule has 2 heterocycles. The summed E-state index contributed by atoms with van der Waals surface area (Å²) >= 11 is 0. The Morgan fingerprint density at radius 2 is 1.96 bits per heavy atom. The molecule has 2 aromatic rings. The third-order valence-electron chi connectivity index (χ3n) is 5.02. The van der Waals surface area contributed by atoms with Crippen LogP contribution in [0.15, 0.2) is 36.7 Å². The Balaban J connectivity index is 1.51. The molecule has 24 heavy (non-hydrogen) atoms. The number of methoxy groups -OCH3 is 1. The molecule has 1 saturated carbocycles. The SMILES string of the molecule is COc1ccccc1N1CCN(c2cc(C3CC3)ncn2)C(C)C1. The summed E-state index contributed by atoms with van der Waals surface area (Å²) in [6.45, 7) is 5.15. The van der Waals surface area contributed by atoms with Crippen molar-refractivity contribution in [3.63, 3.8) is 0 Å². The lowest BCUT2D eigenvalue weighted by Crippen LogP contribution is -2.52. The average Bonchev–Trinajstić information content (AvgIpc) is 3.47. The van der Waals surface area contributed by atoms with Crippen molar-refractivity contribution in [3.05, 3.63) is 42.4 Å². The van der Waals surface area contributed by atoms with E-state index in [-0.39, 0.29) is 0 Å². The zero-order chi connectivity index (χ0) is 16.5. The smallest absolute Gasteiger partial charge is 0.142 e. The van der Waals surface area contributed by atoms with Gasteiger partial charge in [-0.1, -0.05) is 12.1 Å². The standard InChI is InChI=1S/C19H24N4O/c1-14-12-22(17-5-3-4-6-18(17)24-2)9-10-23(14)19-11-16(15-7-8-15)20-13-21-19/h3-6,11,13-15H,7-10,12H2,1-2H3. The van der Waals surface area contributed by atoms with Crippen molar-refractivity contribution in [3.8, 4) is 5.75 Å². The lowest BCUT2D eigenvalue weighted by atomic mass is 10.1. The third-order valence-corrected chi connectivity index (χ3v) is 5.02. The van der Waals surface area contributed by atoms with Gasteiger partial charge in [-0.05, 0) is 31.9 Å². The molecule has 1 atom stereocenters. The highest BCUT2D eigenvalue weighted by atomic mass is 16.5. The van der Waals surface area contributed by atoms with Crippen LogP contribution < -0.4 is 14.5 Å². The van der Waals surface area contributed by atoms with Crippen LogP contribution in [0.25, 0.3) is 0 Å². The fourth-order valence-electron chi connectivity index (χ4n) is 3.53. The highest BCUT2D eigenvalue weighted by molar-refractivity contribution is 5.60. The van der Waals surface area contributed by atoms with E-state index in [1.807, 2.05) is 12.1 Å². The molecule has 0 bridgehead atoms. The molecule has 5 heteroatoms. The first kappa shape index (κ1) is 15.2. The van der Waals surface area contributed by atoms with Gasteiger partial charge in [0, 0.05) is 43.4 Å². The van der Waals surface area contributed by atoms with Gasteiger partial charge in [0.2, 0.25) is 0 Å². The number of benzene rings is 1. The van der Waals surface area contributed by atoms with E-state index in [0.717, 1.165) is 31.2 Å². The van der Waals surface area contributed by atoms with Crippen LogP contribution in [-0.4, -0.2) is 42.8 Å². The fraction of sp³-hybridized carbons (Fsp3) is 0.474. The Kier molecular flexibility index (Phi) is 4.00. The Hall–Kier alpha value is -2.30. The van der Waals surface area contributed by atoms with Crippen molar-refractivity contribution in [2.24, 2.45) is 0 Å². The Morgan fingerprint density at radius 3 is 2.71 bits per heavy atom. The van der Waals surface area contributed by atoms with Gasteiger partial charge in [-0.3, -0.25) is 0 Å². The minimum absolute atomic E-state index is 0.394. The lowest BCUT2D eigenvalue weighted by molar-refractivity contribution is 0.412. The Labute approximate surface area is 143 Å². The van der Waals surface area contributed by atoms with Gasteiger partial charge in [0.1, 0.15) is 17.9 Å². The maximum Gasteiger partial charge on any atom is 0.142 e. The minimum Gasteiger partial charge on any atom is -0.495 e. The highest BCUT2D eigenvalue weighted by Gasteiger charge is 2.29. The van der Waals surface area contributed by atoms with Gasteiger partial charge >= 0.3 is 0 Å². The zero-order valence-electron chi connectivity index (χ0n) is 14.4. The highest BCUT2D eigenvalue weighted by Crippen LogP contribution is 2.39. The monoisotopic (exact) mass is 324 g/mol. The van der Waals surface area contributed by atoms with E-state index < -0.39 is 0 Å². The first-order valence-corrected chi connectivity index (χ1v) is 8.73. The normalized spacial score (nSPS) is 21.0. The summed E-state index contributed by atoms with van der Waals surface area (Å²) in [7, 11) is 1.73. The van der Waals surface area contributed by atoms with Gasteiger partial charge in [0.15, 0.2) is 0 Å². The first-order chi connectivity index (χ1) is 11.8. The van der Waals surface area contributed by atoms with Crippen LogP contribution in [0.5, 0.6) is 5.75 Å². The predicted octanol–water partition coefficient (Wildman–Crippen LogP) is 3.08. The van der Waals surface area contributed by atoms with Crippen LogP contribution >= 0.6 is 0 Å². The van der Waals surface area contributed by atoms with Crippen molar-refractivity contribution >= 4 is 11.5 Å². The van der Waals surface area contributed by atoms with Crippen molar-refractivity contribution < 1.29 is 4.74 Å². The molecule has 1 aliphatic heterocycles. The second kappa shape index (κ2) is 6.30. The van der Waals surface area contributed by atoms with Crippen LogP contribution in [0, 0.1) is 0 Å². The van der Waals surface area contributed by atoms with Gasteiger partial charge in [0.05, 0.1) is 12.8 Å². The number of aromatic nitrogens is 2. The molecule has 1 saturated heterocycles. The van der Waals surface area contributed by atoms with Gasteiger partial charge in [-0.15, -0.1) is 0 Å². The second-order valence-corrected chi connectivity index (χ2v) is 6.74. The molecule has 0 radical (unpaired) electrons. The summed E-state index contributed by atoms with van der Waals surface area (Å²) < 4.78 is 5.52. The van der Waals surface area contributed by atoms with Gasteiger partial charge in [0.25, 0.3) is 0 Å². The third kappa shape index (κ3) is 2.90. The van der Waals surface area contributed by atoms with Gasteiger partial charge < -0.3 is 14.5 Å². The molecule has 1 aromatic carbocycles. The Morgan fingerprint density at radius 1 is 1.12 bits per heavy atom. The summed E-state index contributed by atoms with van der Waals surface area (Å²) in [5.41, 5.74) is 2.38. The van der Waals surface area contributed by atoms with Crippen molar-refractivity contribution in [2.45, 2.75) is 31.7 Å². The maximum atomic E-state index is 5.52. The number of rotatable bonds is 4. The first-order valence-electron chi connectivity index (χ1n) is 8.73. The molecule has 1 aliphatic carbocycles. The summed E-state index contributed by atoms with van der Waals surface area (Å²) in [4.78, 5) is 13.8. The van der Waals surface area contributed by atoms with E-state index in [1.165, 1.54) is 24.2 Å². The number of nitrogens with zero attached hydrogens (tertiary/aromatic N) is 4. The van der Waals surface area contributed by atoms with Crippen molar-refractivity contribution in [1.29, 1.82) is 0 Å². The maximum absolute atomic E-state index is 5.52. The average molecular weight is 324 g/mol. The summed E-state index contributed by atoms with van der Waals surface area (Å²) in [6.07, 6.45) is 4.27. The number of ether oxygens (including phenoxy) is 1. The van der Waals surface area contributed by atoms with E-state index in [2.05, 4.69) is 44.9 Å². The molecule has 126 valence electrons. The van der Waals surface area contributed by atoms with E-state index in [1.54, 1.807) is 13.4 Å². The number of anilines is 2. The summed E-state index contributed by atoms with van der Waals surface area (Å²) in [6, 6.07) is 10.8. The van der Waals surface area contributed by atoms with Crippen LogP contribution in [0.3, 0.4) is 0 Å². The molecule has 0 amide bonds. The second-order valence-electron chi connectivity index (χ2n) is 6.74. The molecule has 1 aromatic heterocycles. The molecule has 0 N–H and O–H groups in total. The van der Waals surface area contributed by atoms with E-state index in [4.69, 9.17) is 4.74 Å². The minimum atomic E-state index is 0.394. The summed E-state index contributed by atoms with van der Waals surface area (Å²) in [5.74, 6) is 2.67. The molecular weight excluding hydrogens is 300 g/mol. The Bertz CT molecular complexity index is 716. The van der Waals surface area contributed by atoms with Gasteiger partial charge in [-0.25, -0.2) is 9.97 Å². The number of hydrogen-bond donors (Lipinski definition) is 0. The molecule has 0 spiro atoms. The number of piperazine rings is 1. The van der Waals surface area contributed by atoms with Crippen LogP contribution in [-0.2, 0) is 0 Å². The molecule has 5 nitrogen and oxygen atoms in total. The van der Waals surface area contributed by atoms with Crippen molar-refractivity contribution in [1.82, 2.24) is 9.97 Å². The zero-order valence-corrected chi connectivity index (χ0v) is 14.4. The van der Waals surface area contributed by atoms with Crippen LogP contribution in [0.4, 0.5) is 11.5 Å². The molecule has 2 fully saturated rings. The quantitative estimate of drug-likeness (QED) is 0.864. The van der Waals surface area contributed by atoms with E-state index in [9.17, 15) is 0 Å². The molecule has 2 aliphatic rings. The molecule has 4 rings (SSSR count). The predicted molar refractivity (Wildman–Crippen MR) is 96.0 cm³/mol. The van der Waals surface area contributed by atoms with Crippen molar-refractivity contribution in [2.75, 3.05) is 36.5 Å². The number of hydrogen-bond acceptors (Lipinski definition) is 5. The van der Waals surface area contributed by atoms with Gasteiger partial charge in [-0.2, -0.15) is 0 Å². The topological polar surface area (TPSA) is 41.5 Å². The van der Waals surface area contributed by atoms with E-state index in [0.29, 0.717) is 12.0 Å². The molecule has 1 unspecified atom stereocenters. The number of para-hydroxylation sites is 2.